The molecule has 7 N–H and O–H groups in total. The van der Waals surface area contributed by atoms with Crippen LogP contribution in [-0.2, 0) is 30.4 Å². The molecule has 0 saturated heterocycles. The van der Waals surface area contributed by atoms with Crippen LogP contribution in [0, 0.1) is 5.92 Å². The fraction of sp³-hybridized carbons (Fsp3) is 0.607. The van der Waals surface area contributed by atoms with Gasteiger partial charge in [-0.25, -0.2) is 9.59 Å². The molecule has 1 aromatic rings. The van der Waals surface area contributed by atoms with Crippen molar-refractivity contribution >= 4 is 35.5 Å². The number of rotatable bonds is 18. The van der Waals surface area contributed by atoms with E-state index in [1.165, 1.54) is 0 Å². The minimum absolute atomic E-state index is 0.0265. The van der Waals surface area contributed by atoms with Crippen LogP contribution in [0.15, 0.2) is 29.4 Å². The summed E-state index contributed by atoms with van der Waals surface area (Å²) in [6, 6.07) is 4.04. The van der Waals surface area contributed by atoms with Gasteiger partial charge in [-0.1, -0.05) is 31.1 Å². The van der Waals surface area contributed by atoms with E-state index in [2.05, 4.69) is 36.6 Å². The van der Waals surface area contributed by atoms with Crippen molar-refractivity contribution in [2.45, 2.75) is 78.1 Å². The van der Waals surface area contributed by atoms with Crippen LogP contribution < -0.4 is 32.3 Å². The summed E-state index contributed by atoms with van der Waals surface area (Å²) in [5.74, 6) is -1.78. The number of amides is 6. The number of nitrogens with one attached hydrogen (secondary N) is 5. The Hall–Kier alpha value is -4.56. The second-order valence-electron chi connectivity index (χ2n) is 11.1. The predicted molar refractivity (Wildman–Crippen MR) is 163 cm³/mol. The quantitative estimate of drug-likeness (QED) is 0.0620. The number of nitrogens with zero attached hydrogens (tertiary/aromatic N) is 3. The summed E-state index contributed by atoms with van der Waals surface area (Å²) in [4.78, 5) is 64.3. The first-order valence-electron chi connectivity index (χ1n) is 14.3. The molecule has 0 heterocycles. The number of urea groups is 1. The van der Waals surface area contributed by atoms with E-state index >= 15 is 0 Å². The van der Waals surface area contributed by atoms with Crippen molar-refractivity contribution in [2.75, 3.05) is 31.6 Å². The number of ether oxygens (including phenoxy) is 2. The average Bonchev–Trinajstić information content (AvgIpc) is 2.93. The third-order valence-corrected chi connectivity index (χ3v) is 5.79. The Labute approximate surface area is 257 Å². The van der Waals surface area contributed by atoms with Gasteiger partial charge in [0.25, 0.3) is 0 Å². The lowest BCUT2D eigenvalue weighted by atomic mass is 10.0. The van der Waals surface area contributed by atoms with Gasteiger partial charge in [0.2, 0.25) is 17.7 Å². The highest BCUT2D eigenvalue weighted by Gasteiger charge is 2.28. The number of alkyl carbamates (subject to hydrolysis) is 1. The van der Waals surface area contributed by atoms with Crippen molar-refractivity contribution in [1.82, 2.24) is 21.3 Å². The second kappa shape index (κ2) is 19.6. The molecule has 1 aromatic carbocycles. The third kappa shape index (κ3) is 16.8. The maximum absolute atomic E-state index is 13.2. The van der Waals surface area contributed by atoms with Crippen LogP contribution in [0.4, 0.5) is 15.3 Å². The Morgan fingerprint density at radius 1 is 0.977 bits per heavy atom. The molecular formula is C28H45N9O7. The van der Waals surface area contributed by atoms with E-state index in [9.17, 15) is 24.0 Å². The number of anilines is 1. The van der Waals surface area contributed by atoms with E-state index in [1.54, 1.807) is 58.9 Å². The lowest BCUT2D eigenvalue weighted by Crippen LogP contribution is -2.54. The van der Waals surface area contributed by atoms with Crippen LogP contribution >= 0.6 is 0 Å². The van der Waals surface area contributed by atoms with Gasteiger partial charge < -0.3 is 41.8 Å². The number of benzene rings is 1. The van der Waals surface area contributed by atoms with Crippen molar-refractivity contribution in [2.24, 2.45) is 16.8 Å². The molecule has 244 valence electrons. The minimum Gasteiger partial charge on any atom is -0.444 e. The van der Waals surface area contributed by atoms with Gasteiger partial charge in [0.15, 0.2) is 0 Å². The maximum Gasteiger partial charge on any atom is 0.407 e. The Kier molecular flexibility index (Phi) is 16.7. The van der Waals surface area contributed by atoms with E-state index in [0.717, 1.165) is 5.56 Å². The number of carbonyl (C=O) groups excluding carboxylic acids is 5. The summed E-state index contributed by atoms with van der Waals surface area (Å²) in [7, 11) is 0. The average molecular weight is 620 g/mol. The summed E-state index contributed by atoms with van der Waals surface area (Å²) in [6.45, 7) is 9.56. The van der Waals surface area contributed by atoms with Crippen LogP contribution in [0.3, 0.4) is 0 Å². The molecule has 16 nitrogen and oxygen atoms in total. The molecule has 2 unspecified atom stereocenters. The zero-order valence-electron chi connectivity index (χ0n) is 26.0. The van der Waals surface area contributed by atoms with E-state index in [4.69, 9.17) is 20.7 Å². The minimum atomic E-state index is -0.987. The van der Waals surface area contributed by atoms with Crippen molar-refractivity contribution in [3.05, 3.63) is 40.3 Å². The first-order chi connectivity index (χ1) is 20.7. The zero-order valence-corrected chi connectivity index (χ0v) is 26.0. The Morgan fingerprint density at radius 3 is 2.25 bits per heavy atom. The summed E-state index contributed by atoms with van der Waals surface area (Å²) < 4.78 is 10.5. The number of primary amides is 1. The molecule has 6 amide bonds. The SMILES string of the molecule is CC(C)C(NC(=O)CCOCCNC(=O)OC(C)(C)C)C(=O)NC(CCCNC(N)=O)C(=O)Nc1ccc(CN=[N+]=[N-])cc1. The Morgan fingerprint density at radius 2 is 1.66 bits per heavy atom. The smallest absolute Gasteiger partial charge is 0.407 e. The molecule has 0 radical (unpaired) electrons. The number of hydrogen-bond acceptors (Lipinski definition) is 8. The molecule has 0 aliphatic rings. The third-order valence-electron chi connectivity index (χ3n) is 5.79. The van der Waals surface area contributed by atoms with Crippen molar-refractivity contribution in [3.63, 3.8) is 0 Å². The van der Waals surface area contributed by atoms with Crippen LogP contribution in [0.1, 0.15) is 59.4 Å². The molecule has 1 rings (SSSR count). The van der Waals surface area contributed by atoms with Crippen LogP contribution in [0.25, 0.3) is 10.4 Å². The first-order valence-corrected chi connectivity index (χ1v) is 14.3. The van der Waals surface area contributed by atoms with E-state index in [1.807, 2.05) is 0 Å². The topological polar surface area (TPSA) is 239 Å². The van der Waals surface area contributed by atoms with Crippen molar-refractivity contribution in [1.29, 1.82) is 0 Å². The summed E-state index contributed by atoms with van der Waals surface area (Å²) in [5.41, 5.74) is 14.2. The summed E-state index contributed by atoms with van der Waals surface area (Å²) >= 11 is 0. The normalized spacial score (nSPS) is 12.2. The van der Waals surface area contributed by atoms with Crippen molar-refractivity contribution in [3.8, 4) is 0 Å². The van der Waals surface area contributed by atoms with E-state index in [-0.39, 0.29) is 51.6 Å². The zero-order chi connectivity index (χ0) is 33.1. The van der Waals surface area contributed by atoms with E-state index in [0.29, 0.717) is 12.1 Å². The predicted octanol–water partition coefficient (Wildman–Crippen LogP) is 2.44. The van der Waals surface area contributed by atoms with Gasteiger partial charge in [-0.2, -0.15) is 0 Å². The van der Waals surface area contributed by atoms with Gasteiger partial charge >= 0.3 is 12.1 Å². The van der Waals surface area contributed by atoms with Gasteiger partial charge in [0, 0.05) is 30.1 Å². The standard InChI is InChI=1S/C28H45N9O7/c1-18(2)23(36-22(38)12-15-43-16-14-32-27(42)44-28(3,4)5)25(40)35-21(7-6-13-31-26(29)41)24(39)34-20-10-8-19(9-11-20)17-33-37-30/h8-11,18,21,23H,6-7,12-17H2,1-5H3,(H,32,42)(H,34,39)(H,35,40)(H,36,38)(H3,29,31,41). The molecular weight excluding hydrogens is 574 g/mol. The van der Waals surface area contributed by atoms with Crippen molar-refractivity contribution < 1.29 is 33.4 Å². The molecule has 0 aliphatic heterocycles. The highest BCUT2D eigenvalue weighted by Crippen LogP contribution is 2.13. The second-order valence-corrected chi connectivity index (χ2v) is 11.1. The molecule has 0 bridgehead atoms. The highest BCUT2D eigenvalue weighted by molar-refractivity contribution is 5.98. The maximum atomic E-state index is 13.2. The Bertz CT molecular complexity index is 1150. The lowest BCUT2D eigenvalue weighted by molar-refractivity contribution is -0.132. The van der Waals surface area contributed by atoms with Gasteiger partial charge in [-0.3, -0.25) is 14.4 Å². The molecule has 44 heavy (non-hydrogen) atoms. The van der Waals surface area contributed by atoms with E-state index < -0.39 is 47.5 Å². The number of nitrogens with two attached hydrogens (primary N) is 1. The molecule has 0 spiro atoms. The number of carbonyl (C=O) groups is 5. The molecule has 0 saturated carbocycles. The Balaban J connectivity index is 2.71. The fourth-order valence-corrected chi connectivity index (χ4v) is 3.67. The first kappa shape index (κ1) is 37.5. The molecule has 0 aromatic heterocycles. The molecule has 0 fully saturated rings. The van der Waals surface area contributed by atoms with Crippen LogP contribution in [0.5, 0.6) is 0 Å². The lowest BCUT2D eigenvalue weighted by Gasteiger charge is -2.25. The molecule has 0 aliphatic carbocycles. The van der Waals surface area contributed by atoms with Gasteiger partial charge in [0.05, 0.1) is 19.8 Å². The number of hydrogen-bond donors (Lipinski definition) is 6. The van der Waals surface area contributed by atoms with Gasteiger partial charge in [-0.15, -0.1) is 0 Å². The molecule has 16 heteroatoms. The largest absolute Gasteiger partial charge is 0.444 e. The summed E-state index contributed by atoms with van der Waals surface area (Å²) in [5, 5.41) is 16.6. The van der Waals surface area contributed by atoms with Crippen LogP contribution in [0.2, 0.25) is 0 Å². The highest BCUT2D eigenvalue weighted by atomic mass is 16.6. The fourth-order valence-electron chi connectivity index (χ4n) is 3.67. The molecule has 2 atom stereocenters. The van der Waals surface area contributed by atoms with Gasteiger partial charge in [0.1, 0.15) is 17.7 Å². The van der Waals surface area contributed by atoms with Gasteiger partial charge in [-0.05, 0) is 62.8 Å². The van der Waals surface area contributed by atoms with Crippen LogP contribution in [-0.4, -0.2) is 73.8 Å². The number of azide groups is 1. The monoisotopic (exact) mass is 619 g/mol. The summed E-state index contributed by atoms with van der Waals surface area (Å²) in [6.07, 6.45) is -0.0792.